The van der Waals surface area contributed by atoms with Crippen LogP contribution >= 0.6 is 0 Å². The van der Waals surface area contributed by atoms with Crippen LogP contribution < -0.4 is 0 Å². The van der Waals surface area contributed by atoms with E-state index < -0.39 is 4.92 Å². The molecule has 5 heteroatoms. The summed E-state index contributed by atoms with van der Waals surface area (Å²) >= 11 is 0. The maximum absolute atomic E-state index is 12.9. The normalized spacial score (nSPS) is 33.5. The van der Waals surface area contributed by atoms with Crippen LogP contribution in [0.25, 0.3) is 0 Å². The Kier molecular flexibility index (Phi) is 3.62. The summed E-state index contributed by atoms with van der Waals surface area (Å²) in [5.74, 6) is 1.91. The molecule has 4 aliphatic carbocycles. The number of carbonyl (C=O) groups is 1. The van der Waals surface area contributed by atoms with Gasteiger partial charge in [0.2, 0.25) is 0 Å². The third kappa shape index (κ3) is 2.50. The molecule has 0 aliphatic heterocycles. The molecular weight excluding hydrogens is 306 g/mol. The Morgan fingerprint density at radius 2 is 1.79 bits per heavy atom. The van der Waals surface area contributed by atoms with E-state index in [1.54, 1.807) is 6.07 Å². The Balaban J connectivity index is 1.51. The SMILES string of the molecule is Cc1cccc([N+](=O)[O-])c1COC(=O)C12CC3CC(CC(C3)C1)C2. The number of benzene rings is 1. The molecule has 0 amide bonds. The van der Waals surface area contributed by atoms with Gasteiger partial charge in [0.15, 0.2) is 0 Å². The van der Waals surface area contributed by atoms with Crippen molar-refractivity contribution in [2.45, 2.75) is 52.1 Å². The number of nitro benzene ring substituents is 1. The lowest BCUT2D eigenvalue weighted by Gasteiger charge is -2.55. The van der Waals surface area contributed by atoms with Gasteiger partial charge in [-0.15, -0.1) is 0 Å². The molecule has 0 heterocycles. The van der Waals surface area contributed by atoms with Gasteiger partial charge in [0.1, 0.15) is 6.61 Å². The monoisotopic (exact) mass is 329 g/mol. The Morgan fingerprint density at radius 1 is 1.21 bits per heavy atom. The molecule has 0 saturated heterocycles. The van der Waals surface area contributed by atoms with Gasteiger partial charge in [-0.3, -0.25) is 14.9 Å². The van der Waals surface area contributed by atoms with Crippen molar-refractivity contribution in [3.8, 4) is 0 Å². The first-order valence-electron chi connectivity index (χ1n) is 8.87. The summed E-state index contributed by atoms with van der Waals surface area (Å²) < 4.78 is 5.64. The quantitative estimate of drug-likeness (QED) is 0.472. The number of ether oxygens (including phenoxy) is 1. The Morgan fingerprint density at radius 3 is 2.33 bits per heavy atom. The van der Waals surface area contributed by atoms with E-state index in [0.29, 0.717) is 23.3 Å². The molecule has 1 aromatic rings. The zero-order valence-corrected chi connectivity index (χ0v) is 14.0. The standard InChI is InChI=1S/C19H23NO4/c1-12-3-2-4-17(20(22)23)16(12)11-24-18(21)19-8-13-5-14(9-19)7-15(6-13)10-19/h2-4,13-15H,5-11H2,1H3. The minimum absolute atomic E-state index is 0.00354. The third-order valence-corrected chi connectivity index (χ3v) is 6.40. The molecule has 4 fully saturated rings. The van der Waals surface area contributed by atoms with Crippen LogP contribution in [0.15, 0.2) is 18.2 Å². The largest absolute Gasteiger partial charge is 0.460 e. The summed E-state index contributed by atoms with van der Waals surface area (Å²) in [6.45, 7) is 1.82. The highest BCUT2D eigenvalue weighted by Crippen LogP contribution is 2.60. The summed E-state index contributed by atoms with van der Waals surface area (Å²) in [5.41, 5.74) is 1.03. The van der Waals surface area contributed by atoms with E-state index in [1.807, 2.05) is 13.0 Å². The predicted octanol–water partition coefficient (Wildman–Crippen LogP) is 4.16. The van der Waals surface area contributed by atoms with E-state index in [0.717, 1.165) is 24.8 Å². The van der Waals surface area contributed by atoms with Crippen molar-refractivity contribution in [2.75, 3.05) is 0 Å². The number of nitrogens with zero attached hydrogens (tertiary/aromatic N) is 1. The summed E-state index contributed by atoms with van der Waals surface area (Å²) in [4.78, 5) is 23.7. The van der Waals surface area contributed by atoms with Crippen LogP contribution in [0.5, 0.6) is 0 Å². The average molecular weight is 329 g/mol. The van der Waals surface area contributed by atoms with Gasteiger partial charge in [-0.05, 0) is 68.8 Å². The van der Waals surface area contributed by atoms with Crippen molar-refractivity contribution < 1.29 is 14.5 Å². The van der Waals surface area contributed by atoms with E-state index in [1.165, 1.54) is 25.3 Å². The first kappa shape index (κ1) is 15.6. The maximum Gasteiger partial charge on any atom is 0.312 e. The van der Waals surface area contributed by atoms with Crippen LogP contribution in [0.4, 0.5) is 5.69 Å². The van der Waals surface area contributed by atoms with Crippen LogP contribution in [0.1, 0.15) is 49.7 Å². The minimum Gasteiger partial charge on any atom is -0.460 e. The second-order valence-corrected chi connectivity index (χ2v) is 8.10. The van der Waals surface area contributed by atoms with Crippen molar-refractivity contribution in [2.24, 2.45) is 23.2 Å². The number of hydrogen-bond donors (Lipinski definition) is 0. The molecule has 0 unspecified atom stereocenters. The van der Waals surface area contributed by atoms with E-state index >= 15 is 0 Å². The molecule has 5 rings (SSSR count). The fraction of sp³-hybridized carbons (Fsp3) is 0.632. The Hall–Kier alpha value is -1.91. The first-order chi connectivity index (χ1) is 11.5. The topological polar surface area (TPSA) is 69.4 Å². The van der Waals surface area contributed by atoms with E-state index in [2.05, 4.69) is 0 Å². The number of esters is 1. The van der Waals surface area contributed by atoms with Crippen LogP contribution in [-0.2, 0) is 16.1 Å². The van der Waals surface area contributed by atoms with Gasteiger partial charge in [-0.1, -0.05) is 12.1 Å². The van der Waals surface area contributed by atoms with Gasteiger partial charge in [0.25, 0.3) is 5.69 Å². The van der Waals surface area contributed by atoms with Crippen molar-refractivity contribution >= 4 is 11.7 Å². The van der Waals surface area contributed by atoms with Crippen LogP contribution in [0.2, 0.25) is 0 Å². The number of aryl methyl sites for hydroxylation is 1. The van der Waals surface area contributed by atoms with Gasteiger partial charge < -0.3 is 4.74 Å². The number of rotatable bonds is 4. The van der Waals surface area contributed by atoms with Crippen molar-refractivity contribution in [1.82, 2.24) is 0 Å². The lowest BCUT2D eigenvalue weighted by molar-refractivity contribution is -0.385. The lowest BCUT2D eigenvalue weighted by Crippen LogP contribution is -2.50. The average Bonchev–Trinajstić information content (AvgIpc) is 2.51. The van der Waals surface area contributed by atoms with Gasteiger partial charge in [-0.2, -0.15) is 0 Å². The van der Waals surface area contributed by atoms with E-state index in [4.69, 9.17) is 4.74 Å². The molecular formula is C19H23NO4. The summed E-state index contributed by atoms with van der Waals surface area (Å²) in [5, 5.41) is 11.2. The summed E-state index contributed by atoms with van der Waals surface area (Å²) in [7, 11) is 0. The molecule has 4 saturated carbocycles. The highest BCUT2D eigenvalue weighted by Gasteiger charge is 2.55. The molecule has 4 bridgehead atoms. The first-order valence-corrected chi connectivity index (χ1v) is 8.87. The minimum atomic E-state index is -0.402. The maximum atomic E-state index is 12.9. The number of carbonyl (C=O) groups excluding carboxylic acids is 1. The lowest BCUT2D eigenvalue weighted by atomic mass is 9.49. The Labute approximate surface area is 141 Å². The molecule has 128 valence electrons. The smallest absolute Gasteiger partial charge is 0.312 e. The molecule has 1 aromatic carbocycles. The third-order valence-electron chi connectivity index (χ3n) is 6.40. The highest BCUT2D eigenvalue weighted by molar-refractivity contribution is 5.77. The molecule has 4 aliphatic rings. The van der Waals surface area contributed by atoms with Crippen molar-refractivity contribution in [3.63, 3.8) is 0 Å². The van der Waals surface area contributed by atoms with Gasteiger partial charge in [0.05, 0.1) is 15.9 Å². The molecule has 5 nitrogen and oxygen atoms in total. The van der Waals surface area contributed by atoms with Gasteiger partial charge in [0, 0.05) is 6.07 Å². The highest BCUT2D eigenvalue weighted by atomic mass is 16.6. The molecule has 0 spiro atoms. The predicted molar refractivity (Wildman–Crippen MR) is 88.2 cm³/mol. The second-order valence-electron chi connectivity index (χ2n) is 8.10. The van der Waals surface area contributed by atoms with Gasteiger partial charge >= 0.3 is 5.97 Å². The molecule has 0 atom stereocenters. The van der Waals surface area contributed by atoms with Crippen molar-refractivity contribution in [1.29, 1.82) is 0 Å². The van der Waals surface area contributed by atoms with Crippen LogP contribution in [0, 0.1) is 40.2 Å². The fourth-order valence-corrected chi connectivity index (χ4v) is 5.70. The molecule has 0 radical (unpaired) electrons. The molecule has 0 N–H and O–H groups in total. The molecule has 24 heavy (non-hydrogen) atoms. The van der Waals surface area contributed by atoms with Crippen molar-refractivity contribution in [3.05, 3.63) is 39.4 Å². The zero-order valence-electron chi connectivity index (χ0n) is 14.0. The van der Waals surface area contributed by atoms with E-state index in [9.17, 15) is 14.9 Å². The summed E-state index contributed by atoms with van der Waals surface area (Å²) in [6, 6.07) is 4.96. The van der Waals surface area contributed by atoms with Crippen LogP contribution in [0.3, 0.4) is 0 Å². The van der Waals surface area contributed by atoms with Gasteiger partial charge in [-0.25, -0.2) is 0 Å². The zero-order chi connectivity index (χ0) is 16.9. The number of nitro groups is 1. The Bertz CT molecular complexity index is 661. The fourth-order valence-electron chi connectivity index (χ4n) is 5.70. The second kappa shape index (κ2) is 5.57. The number of hydrogen-bond acceptors (Lipinski definition) is 4. The van der Waals surface area contributed by atoms with E-state index in [-0.39, 0.29) is 23.7 Å². The molecule has 0 aromatic heterocycles. The van der Waals surface area contributed by atoms with Crippen LogP contribution in [-0.4, -0.2) is 10.9 Å². The summed E-state index contributed by atoms with van der Waals surface area (Å²) in [6.07, 6.45) is 6.68.